The van der Waals surface area contributed by atoms with Gasteiger partial charge in [0.1, 0.15) is 0 Å². The molecule has 0 aliphatic carbocycles. The molecule has 1 aromatic carbocycles. The third-order valence-corrected chi connectivity index (χ3v) is 3.96. The summed E-state index contributed by atoms with van der Waals surface area (Å²) in [5.74, 6) is -0.784. The molecule has 2 rings (SSSR count). The Balaban J connectivity index is 1.96. The minimum absolute atomic E-state index is 0.0701. The number of nitrogens with zero attached hydrogens (tertiary/aromatic N) is 2. The summed E-state index contributed by atoms with van der Waals surface area (Å²) in [7, 11) is 1.40. The van der Waals surface area contributed by atoms with E-state index in [0.29, 0.717) is 0 Å². The quantitative estimate of drug-likeness (QED) is 0.753. The molecule has 0 aliphatic rings. The Hall–Kier alpha value is -2.62. The zero-order chi connectivity index (χ0) is 18.4. The topological polar surface area (TPSA) is 106 Å². The maximum atomic E-state index is 13.6. The second-order valence-corrected chi connectivity index (χ2v) is 6.22. The Morgan fingerprint density at radius 3 is 2.68 bits per heavy atom. The number of urea groups is 1. The summed E-state index contributed by atoms with van der Waals surface area (Å²) in [5, 5.41) is 11.6. The number of nitrogens with one attached hydrogen (secondary N) is 2. The number of benzene rings is 1. The lowest BCUT2D eigenvalue weighted by molar-refractivity contribution is -0.119. The van der Waals surface area contributed by atoms with Crippen molar-refractivity contribution in [3.05, 3.63) is 36.0 Å². The minimum atomic E-state index is -0.672. The van der Waals surface area contributed by atoms with Gasteiger partial charge in [0.05, 0.1) is 5.25 Å². The molecule has 1 heterocycles. The van der Waals surface area contributed by atoms with Crippen molar-refractivity contribution in [2.75, 3.05) is 7.05 Å². The van der Waals surface area contributed by atoms with Gasteiger partial charge in [-0.25, -0.2) is 9.18 Å². The van der Waals surface area contributed by atoms with Crippen molar-refractivity contribution in [2.45, 2.75) is 30.4 Å². The van der Waals surface area contributed by atoms with Crippen molar-refractivity contribution in [3.8, 4) is 5.75 Å². The fraction of sp³-hybridized carbons (Fsp3) is 0.333. The highest BCUT2D eigenvalue weighted by molar-refractivity contribution is 8.00. The molecule has 0 radical (unpaired) electrons. The van der Waals surface area contributed by atoms with Crippen LogP contribution in [-0.2, 0) is 4.79 Å². The molecule has 134 valence electrons. The third-order valence-electron chi connectivity index (χ3n) is 3.02. The second-order valence-electron chi connectivity index (χ2n) is 4.93. The van der Waals surface area contributed by atoms with E-state index >= 15 is 0 Å². The molecule has 0 unspecified atom stereocenters. The smallest absolute Gasteiger partial charge is 0.321 e. The highest BCUT2D eigenvalue weighted by Crippen LogP contribution is 2.27. The van der Waals surface area contributed by atoms with Crippen molar-refractivity contribution >= 4 is 23.7 Å². The zero-order valence-corrected chi connectivity index (χ0v) is 14.6. The largest absolute Gasteiger partial charge is 0.478 e. The van der Waals surface area contributed by atoms with E-state index in [4.69, 9.17) is 9.15 Å². The van der Waals surface area contributed by atoms with Gasteiger partial charge in [-0.1, -0.05) is 23.9 Å². The zero-order valence-electron chi connectivity index (χ0n) is 13.8. The number of thioether (sulfide) groups is 1. The second kappa shape index (κ2) is 8.47. The Morgan fingerprint density at radius 2 is 2.00 bits per heavy atom. The molecule has 0 aliphatic heterocycles. The van der Waals surface area contributed by atoms with Crippen LogP contribution in [0.1, 0.15) is 25.8 Å². The van der Waals surface area contributed by atoms with Crippen LogP contribution in [0.2, 0.25) is 0 Å². The van der Waals surface area contributed by atoms with Crippen molar-refractivity contribution in [3.63, 3.8) is 0 Å². The molecule has 3 amide bonds. The molecule has 2 N–H and O–H groups in total. The van der Waals surface area contributed by atoms with Gasteiger partial charge in [0.25, 0.3) is 11.1 Å². The van der Waals surface area contributed by atoms with Crippen LogP contribution in [0, 0.1) is 5.82 Å². The van der Waals surface area contributed by atoms with Crippen LogP contribution in [0.4, 0.5) is 9.18 Å². The number of amides is 3. The number of hydrogen-bond donors (Lipinski definition) is 2. The Kier molecular flexibility index (Phi) is 6.34. The normalized spacial score (nSPS) is 13.0. The van der Waals surface area contributed by atoms with Gasteiger partial charge >= 0.3 is 6.03 Å². The van der Waals surface area contributed by atoms with Gasteiger partial charge in [-0.2, -0.15) is 0 Å². The molecule has 2 aromatic rings. The van der Waals surface area contributed by atoms with Gasteiger partial charge in [-0.15, -0.1) is 10.2 Å². The number of para-hydroxylation sites is 1. The predicted molar refractivity (Wildman–Crippen MR) is 87.7 cm³/mol. The van der Waals surface area contributed by atoms with Crippen LogP contribution < -0.4 is 15.4 Å². The third kappa shape index (κ3) is 5.18. The van der Waals surface area contributed by atoms with Crippen molar-refractivity contribution in [1.29, 1.82) is 0 Å². The highest BCUT2D eigenvalue weighted by Gasteiger charge is 2.22. The average Bonchev–Trinajstić information content (AvgIpc) is 3.05. The van der Waals surface area contributed by atoms with Gasteiger partial charge in [-0.05, 0) is 26.0 Å². The average molecular weight is 368 g/mol. The first-order valence-corrected chi connectivity index (χ1v) is 8.22. The molecule has 0 fully saturated rings. The maximum absolute atomic E-state index is 13.6. The fourth-order valence-electron chi connectivity index (χ4n) is 1.69. The molecule has 8 nitrogen and oxygen atoms in total. The van der Waals surface area contributed by atoms with Gasteiger partial charge in [-0.3, -0.25) is 10.1 Å². The first-order valence-electron chi connectivity index (χ1n) is 7.34. The standard InChI is InChI=1S/C15H17FN4O4S/c1-8(23-11-7-5-4-6-10(11)16)13-19-20-15(24-13)25-9(2)12(21)18-14(22)17-3/h4-9H,1-3H3,(H2,17,18,21,22)/t8-,9-/m0/s1. The van der Waals surface area contributed by atoms with Gasteiger partial charge in [0, 0.05) is 7.05 Å². The van der Waals surface area contributed by atoms with Crippen molar-refractivity contribution in [1.82, 2.24) is 20.8 Å². The van der Waals surface area contributed by atoms with Crippen LogP contribution in [0.25, 0.3) is 0 Å². The summed E-state index contributed by atoms with van der Waals surface area (Å²) in [6, 6.07) is 5.37. The van der Waals surface area contributed by atoms with E-state index in [-0.39, 0.29) is 16.9 Å². The number of rotatable bonds is 6. The van der Waals surface area contributed by atoms with Crippen molar-refractivity contribution in [2.24, 2.45) is 0 Å². The summed E-state index contributed by atoms with van der Waals surface area (Å²) in [5.41, 5.74) is 0. The molecule has 25 heavy (non-hydrogen) atoms. The van der Waals surface area contributed by atoms with E-state index in [0.717, 1.165) is 11.8 Å². The van der Waals surface area contributed by atoms with E-state index in [9.17, 15) is 14.0 Å². The Morgan fingerprint density at radius 1 is 1.28 bits per heavy atom. The lowest BCUT2D eigenvalue weighted by Crippen LogP contribution is -2.41. The molecule has 0 saturated heterocycles. The molecular formula is C15H17FN4O4S. The molecule has 10 heteroatoms. The van der Waals surface area contributed by atoms with Crippen molar-refractivity contribution < 1.29 is 23.1 Å². The summed E-state index contributed by atoms with van der Waals surface area (Å²) < 4.78 is 24.5. The minimum Gasteiger partial charge on any atom is -0.478 e. The molecule has 1 aromatic heterocycles. The van der Waals surface area contributed by atoms with Crippen LogP contribution in [0.3, 0.4) is 0 Å². The number of carbonyl (C=O) groups excluding carboxylic acids is 2. The number of halogens is 1. The van der Waals surface area contributed by atoms with Crippen LogP contribution in [0.15, 0.2) is 33.9 Å². The first kappa shape index (κ1) is 18.7. The molecule has 2 atom stereocenters. The number of aromatic nitrogens is 2. The van der Waals surface area contributed by atoms with Crippen LogP contribution >= 0.6 is 11.8 Å². The summed E-state index contributed by atoms with van der Waals surface area (Å²) in [6.45, 7) is 3.22. The number of carbonyl (C=O) groups is 2. The molecular weight excluding hydrogens is 351 g/mol. The van der Waals surface area contributed by atoms with Crippen LogP contribution in [0.5, 0.6) is 5.75 Å². The van der Waals surface area contributed by atoms with E-state index in [1.165, 1.54) is 19.2 Å². The van der Waals surface area contributed by atoms with E-state index in [1.54, 1.807) is 26.0 Å². The van der Waals surface area contributed by atoms with Gasteiger partial charge in [0.2, 0.25) is 5.91 Å². The lowest BCUT2D eigenvalue weighted by Gasteiger charge is -2.11. The number of ether oxygens (including phenoxy) is 1. The Labute approximate surface area is 147 Å². The summed E-state index contributed by atoms with van der Waals surface area (Å²) >= 11 is 0.990. The van der Waals surface area contributed by atoms with E-state index < -0.39 is 29.1 Å². The molecule has 0 spiro atoms. The molecule has 0 bridgehead atoms. The Bertz CT molecular complexity index is 755. The lowest BCUT2D eigenvalue weighted by atomic mass is 10.3. The maximum Gasteiger partial charge on any atom is 0.321 e. The molecule has 0 saturated carbocycles. The summed E-state index contributed by atoms with van der Waals surface area (Å²) in [4.78, 5) is 22.9. The van der Waals surface area contributed by atoms with Crippen LogP contribution in [-0.4, -0.2) is 34.4 Å². The van der Waals surface area contributed by atoms with Gasteiger partial charge < -0.3 is 14.5 Å². The highest BCUT2D eigenvalue weighted by atomic mass is 32.2. The SMILES string of the molecule is CNC(=O)NC(=O)[C@H](C)Sc1nnc([C@H](C)Oc2ccccc2F)o1. The fourth-order valence-corrected chi connectivity index (χ4v) is 2.38. The van der Waals surface area contributed by atoms with Gasteiger partial charge in [0.15, 0.2) is 17.7 Å². The first-order chi connectivity index (χ1) is 11.9. The summed E-state index contributed by atoms with van der Waals surface area (Å²) in [6.07, 6.45) is -0.672. The number of hydrogen-bond acceptors (Lipinski definition) is 7. The predicted octanol–water partition coefficient (Wildman–Crippen LogP) is 2.28. The monoisotopic (exact) mass is 368 g/mol. The number of imide groups is 1. The van der Waals surface area contributed by atoms with E-state index in [2.05, 4.69) is 20.8 Å². The van der Waals surface area contributed by atoms with E-state index in [1.807, 2.05) is 0 Å².